The molecule has 1 aromatic rings. The molecule has 0 aliphatic heterocycles. The molecule has 0 unspecified atom stereocenters. The Balaban J connectivity index is 3.25. The molecule has 7 nitrogen and oxygen atoms in total. The van der Waals surface area contributed by atoms with E-state index in [-0.39, 0.29) is 12.2 Å². The molecule has 0 radical (unpaired) electrons. The summed E-state index contributed by atoms with van der Waals surface area (Å²) in [7, 11) is -0.915. The molecule has 0 aliphatic rings. The SMILES string of the molecule is CCOC(=O)c1cn(S(=O)(=O)N(C)C)nc1CC. The second kappa shape index (κ2) is 5.49. The summed E-state index contributed by atoms with van der Waals surface area (Å²) in [5.74, 6) is -0.561. The fraction of sp³-hybridized carbons (Fsp3) is 0.600. The van der Waals surface area contributed by atoms with Crippen LogP contribution in [-0.4, -0.2) is 48.6 Å². The molecule has 0 aromatic carbocycles. The molecular weight excluding hydrogens is 258 g/mol. The van der Waals surface area contributed by atoms with Gasteiger partial charge in [-0.3, -0.25) is 0 Å². The smallest absolute Gasteiger partial charge is 0.341 e. The molecule has 0 aliphatic carbocycles. The van der Waals surface area contributed by atoms with E-state index in [4.69, 9.17) is 4.74 Å². The molecule has 1 aromatic heterocycles. The summed E-state index contributed by atoms with van der Waals surface area (Å²) in [6.07, 6.45) is 1.64. The van der Waals surface area contributed by atoms with Gasteiger partial charge in [0.15, 0.2) is 0 Å². The van der Waals surface area contributed by atoms with Crippen molar-refractivity contribution in [1.29, 1.82) is 0 Å². The number of rotatable bonds is 5. The van der Waals surface area contributed by atoms with Crippen LogP contribution in [0.2, 0.25) is 0 Å². The van der Waals surface area contributed by atoms with Gasteiger partial charge in [0.2, 0.25) is 0 Å². The molecule has 0 fully saturated rings. The van der Waals surface area contributed by atoms with Crippen LogP contribution in [-0.2, 0) is 21.4 Å². The van der Waals surface area contributed by atoms with Gasteiger partial charge in [0.05, 0.1) is 18.5 Å². The van der Waals surface area contributed by atoms with Crippen molar-refractivity contribution in [2.75, 3.05) is 20.7 Å². The van der Waals surface area contributed by atoms with Crippen molar-refractivity contribution in [1.82, 2.24) is 13.5 Å². The number of carbonyl (C=O) groups is 1. The lowest BCUT2D eigenvalue weighted by Gasteiger charge is -2.09. The van der Waals surface area contributed by atoms with Crippen LogP contribution in [0.25, 0.3) is 0 Å². The highest BCUT2D eigenvalue weighted by molar-refractivity contribution is 7.87. The van der Waals surface area contributed by atoms with Crippen LogP contribution in [0.4, 0.5) is 0 Å². The molecule has 18 heavy (non-hydrogen) atoms. The molecule has 0 saturated carbocycles. The summed E-state index contributed by atoms with van der Waals surface area (Å²) >= 11 is 0. The number of ether oxygens (including phenoxy) is 1. The summed E-state index contributed by atoms with van der Waals surface area (Å²) in [5.41, 5.74) is 0.587. The lowest BCUT2D eigenvalue weighted by Crippen LogP contribution is -2.29. The number of aromatic nitrogens is 2. The van der Waals surface area contributed by atoms with Crippen molar-refractivity contribution in [3.05, 3.63) is 17.5 Å². The third-order valence-corrected chi connectivity index (χ3v) is 3.88. The first kappa shape index (κ1) is 14.7. The quantitative estimate of drug-likeness (QED) is 0.721. The maximum atomic E-state index is 11.9. The monoisotopic (exact) mass is 275 g/mol. The Morgan fingerprint density at radius 3 is 2.50 bits per heavy atom. The Kier molecular flexibility index (Phi) is 4.47. The van der Waals surface area contributed by atoms with Gasteiger partial charge in [-0.05, 0) is 13.3 Å². The van der Waals surface area contributed by atoms with Crippen molar-refractivity contribution >= 4 is 16.2 Å². The fourth-order valence-electron chi connectivity index (χ4n) is 1.31. The molecule has 102 valence electrons. The van der Waals surface area contributed by atoms with E-state index < -0.39 is 16.2 Å². The predicted molar refractivity (Wildman–Crippen MR) is 65.6 cm³/mol. The van der Waals surface area contributed by atoms with Crippen LogP contribution in [0.3, 0.4) is 0 Å². The maximum absolute atomic E-state index is 11.9. The summed E-state index contributed by atoms with van der Waals surface area (Å²) in [6, 6.07) is 0. The van der Waals surface area contributed by atoms with Crippen LogP contribution in [0.5, 0.6) is 0 Å². The number of carbonyl (C=O) groups excluding carboxylic acids is 1. The minimum Gasteiger partial charge on any atom is -0.462 e. The van der Waals surface area contributed by atoms with E-state index in [1.807, 2.05) is 0 Å². The second-order valence-corrected chi connectivity index (χ2v) is 5.73. The normalized spacial score (nSPS) is 11.8. The highest BCUT2D eigenvalue weighted by Gasteiger charge is 2.23. The molecule has 1 heterocycles. The molecule has 0 saturated heterocycles. The minimum absolute atomic E-state index is 0.185. The molecule has 0 N–H and O–H groups in total. The van der Waals surface area contributed by atoms with Crippen molar-refractivity contribution < 1.29 is 17.9 Å². The molecule has 1 rings (SSSR count). The van der Waals surface area contributed by atoms with Gasteiger partial charge in [0.25, 0.3) is 0 Å². The molecule has 8 heteroatoms. The topological polar surface area (TPSA) is 81.5 Å². The Morgan fingerprint density at radius 2 is 2.06 bits per heavy atom. The lowest BCUT2D eigenvalue weighted by atomic mass is 10.2. The zero-order valence-corrected chi connectivity index (χ0v) is 11.7. The highest BCUT2D eigenvalue weighted by Crippen LogP contribution is 2.12. The van der Waals surface area contributed by atoms with Gasteiger partial charge in [-0.25, -0.2) is 4.79 Å². The molecule has 0 atom stereocenters. The zero-order valence-electron chi connectivity index (χ0n) is 10.9. The Bertz CT molecular complexity index is 533. The second-order valence-electron chi connectivity index (χ2n) is 3.73. The van der Waals surface area contributed by atoms with Gasteiger partial charge in [0, 0.05) is 14.1 Å². The van der Waals surface area contributed by atoms with Gasteiger partial charge in [-0.15, -0.1) is 0 Å². The van der Waals surface area contributed by atoms with Crippen molar-refractivity contribution in [3.63, 3.8) is 0 Å². The lowest BCUT2D eigenvalue weighted by molar-refractivity contribution is 0.0525. The van der Waals surface area contributed by atoms with Gasteiger partial charge in [-0.2, -0.15) is 21.9 Å². The van der Waals surface area contributed by atoms with Crippen LogP contribution < -0.4 is 0 Å². The number of aryl methyl sites for hydroxylation is 1. The largest absolute Gasteiger partial charge is 0.462 e. The first-order valence-corrected chi connectivity index (χ1v) is 6.93. The third-order valence-electron chi connectivity index (χ3n) is 2.30. The predicted octanol–water partition coefficient (Wildman–Crippen LogP) is 0.277. The van der Waals surface area contributed by atoms with Crippen LogP contribution >= 0.6 is 0 Å². The molecule has 0 amide bonds. The maximum Gasteiger partial charge on any atom is 0.341 e. The zero-order chi connectivity index (χ0) is 13.9. The summed E-state index contributed by atoms with van der Waals surface area (Å²) in [4.78, 5) is 11.7. The van der Waals surface area contributed by atoms with E-state index in [2.05, 4.69) is 5.10 Å². The van der Waals surface area contributed by atoms with Gasteiger partial charge >= 0.3 is 16.2 Å². The summed E-state index contributed by atoms with van der Waals surface area (Å²) in [5, 5.41) is 3.91. The Hall–Kier alpha value is -1.41. The Morgan fingerprint density at radius 1 is 1.44 bits per heavy atom. The minimum atomic E-state index is -3.71. The van der Waals surface area contributed by atoms with Gasteiger partial charge in [0.1, 0.15) is 5.56 Å². The van der Waals surface area contributed by atoms with Crippen LogP contribution in [0.1, 0.15) is 29.9 Å². The fourth-order valence-corrected chi connectivity index (χ4v) is 2.09. The molecular formula is C10H17N3O4S. The van der Waals surface area contributed by atoms with E-state index in [9.17, 15) is 13.2 Å². The third kappa shape index (κ3) is 2.70. The molecule has 0 bridgehead atoms. The van der Waals surface area contributed by atoms with E-state index in [1.54, 1.807) is 13.8 Å². The van der Waals surface area contributed by atoms with Gasteiger partial charge < -0.3 is 4.74 Å². The van der Waals surface area contributed by atoms with Crippen molar-refractivity contribution in [2.45, 2.75) is 20.3 Å². The van der Waals surface area contributed by atoms with E-state index in [1.165, 1.54) is 20.3 Å². The number of esters is 1. The Labute approximate surface area is 107 Å². The number of hydrogen-bond donors (Lipinski definition) is 0. The first-order chi connectivity index (χ1) is 8.34. The standard InChI is InChI=1S/C10H17N3O4S/c1-5-9-8(10(14)17-6-2)7-13(11-9)18(15,16)12(3)4/h7H,5-6H2,1-4H3. The summed E-state index contributed by atoms with van der Waals surface area (Å²) in [6.45, 7) is 3.70. The van der Waals surface area contributed by atoms with Crippen molar-refractivity contribution in [2.24, 2.45) is 0 Å². The average Bonchev–Trinajstić information content (AvgIpc) is 2.73. The van der Waals surface area contributed by atoms with E-state index >= 15 is 0 Å². The first-order valence-electron chi connectivity index (χ1n) is 5.53. The van der Waals surface area contributed by atoms with E-state index in [0.717, 1.165) is 8.39 Å². The molecule has 0 spiro atoms. The average molecular weight is 275 g/mol. The van der Waals surface area contributed by atoms with Gasteiger partial charge in [-0.1, -0.05) is 6.92 Å². The van der Waals surface area contributed by atoms with Crippen LogP contribution in [0, 0.1) is 0 Å². The van der Waals surface area contributed by atoms with Crippen molar-refractivity contribution in [3.8, 4) is 0 Å². The highest BCUT2D eigenvalue weighted by atomic mass is 32.2. The van der Waals surface area contributed by atoms with Crippen LogP contribution in [0.15, 0.2) is 6.20 Å². The number of hydrogen-bond acceptors (Lipinski definition) is 5. The van der Waals surface area contributed by atoms with E-state index in [0.29, 0.717) is 12.1 Å². The summed E-state index contributed by atoms with van der Waals surface area (Å²) < 4.78 is 30.4. The number of nitrogens with zero attached hydrogens (tertiary/aromatic N) is 3.